The van der Waals surface area contributed by atoms with E-state index in [2.05, 4.69) is 11.4 Å². The highest BCUT2D eigenvalue weighted by atomic mass is 16.1. The van der Waals surface area contributed by atoms with Crippen molar-refractivity contribution < 1.29 is 4.79 Å². The number of carbonyl (C=O) groups is 1. The minimum absolute atomic E-state index is 0.361. The largest absolute Gasteiger partial charge is 0.333 e. The van der Waals surface area contributed by atoms with Crippen LogP contribution in [0, 0.1) is 22.7 Å². The summed E-state index contributed by atoms with van der Waals surface area (Å²) in [7, 11) is 0. The summed E-state index contributed by atoms with van der Waals surface area (Å²) in [4.78, 5) is 12.1. The van der Waals surface area contributed by atoms with Gasteiger partial charge in [0.1, 0.15) is 6.04 Å². The first kappa shape index (κ1) is 13.3. The lowest BCUT2D eigenvalue weighted by molar-refractivity contribution is 0.0945. The summed E-state index contributed by atoms with van der Waals surface area (Å²) in [5, 5.41) is 20.6. The lowest BCUT2D eigenvalue weighted by Crippen LogP contribution is -2.27. The molecule has 0 aromatic heterocycles. The first-order chi connectivity index (χ1) is 9.74. The zero-order valence-corrected chi connectivity index (χ0v) is 10.6. The molecule has 0 radical (unpaired) electrons. The second kappa shape index (κ2) is 6.17. The molecule has 1 unspecified atom stereocenters. The standard InChI is InChI=1S/C16H11N3O/c17-10-12-5-4-8-14(9-12)16(20)19-15(11-18)13-6-2-1-3-7-13/h1-9,15H,(H,19,20). The second-order valence-corrected chi connectivity index (χ2v) is 4.14. The molecule has 0 aliphatic carbocycles. The molecule has 2 rings (SSSR count). The van der Waals surface area contributed by atoms with Crippen molar-refractivity contribution in [1.29, 1.82) is 10.5 Å². The van der Waals surface area contributed by atoms with Crippen LogP contribution in [0.15, 0.2) is 54.6 Å². The highest BCUT2D eigenvalue weighted by molar-refractivity contribution is 5.95. The van der Waals surface area contributed by atoms with Crippen LogP contribution in [0.4, 0.5) is 0 Å². The number of nitrogens with zero attached hydrogens (tertiary/aromatic N) is 2. The van der Waals surface area contributed by atoms with Gasteiger partial charge in [-0.2, -0.15) is 10.5 Å². The van der Waals surface area contributed by atoms with Crippen LogP contribution in [0.25, 0.3) is 0 Å². The van der Waals surface area contributed by atoms with E-state index in [4.69, 9.17) is 10.5 Å². The summed E-state index contributed by atoms with van der Waals surface area (Å²) >= 11 is 0. The lowest BCUT2D eigenvalue weighted by Gasteiger charge is -2.12. The Morgan fingerprint density at radius 2 is 1.80 bits per heavy atom. The molecule has 0 aliphatic rings. The van der Waals surface area contributed by atoms with E-state index in [1.54, 1.807) is 30.3 Å². The van der Waals surface area contributed by atoms with Crippen LogP contribution in [0.5, 0.6) is 0 Å². The Morgan fingerprint density at radius 1 is 1.05 bits per heavy atom. The van der Waals surface area contributed by atoms with Gasteiger partial charge >= 0.3 is 0 Å². The first-order valence-corrected chi connectivity index (χ1v) is 6.00. The molecule has 1 amide bonds. The highest BCUT2D eigenvalue weighted by Crippen LogP contribution is 2.13. The average Bonchev–Trinajstić information content (AvgIpc) is 2.53. The monoisotopic (exact) mass is 261 g/mol. The van der Waals surface area contributed by atoms with E-state index in [0.29, 0.717) is 11.1 Å². The van der Waals surface area contributed by atoms with Gasteiger partial charge in [0.15, 0.2) is 0 Å². The smallest absolute Gasteiger partial charge is 0.252 e. The molecule has 1 atom stereocenters. The molecule has 0 saturated carbocycles. The summed E-state index contributed by atoms with van der Waals surface area (Å²) in [5.41, 5.74) is 1.49. The third-order valence-corrected chi connectivity index (χ3v) is 2.79. The molecule has 2 aromatic carbocycles. The maximum Gasteiger partial charge on any atom is 0.252 e. The lowest BCUT2D eigenvalue weighted by atomic mass is 10.1. The van der Waals surface area contributed by atoms with E-state index in [-0.39, 0.29) is 5.91 Å². The van der Waals surface area contributed by atoms with Gasteiger partial charge in [-0.15, -0.1) is 0 Å². The van der Waals surface area contributed by atoms with Crippen molar-refractivity contribution in [3.63, 3.8) is 0 Å². The number of nitriles is 2. The highest BCUT2D eigenvalue weighted by Gasteiger charge is 2.14. The van der Waals surface area contributed by atoms with Crippen molar-refractivity contribution >= 4 is 5.91 Å². The number of amides is 1. The molecular formula is C16H11N3O. The molecule has 1 N–H and O–H groups in total. The van der Waals surface area contributed by atoms with Crippen molar-refractivity contribution in [3.05, 3.63) is 71.3 Å². The van der Waals surface area contributed by atoms with Gasteiger partial charge in [-0.05, 0) is 23.8 Å². The number of carbonyl (C=O) groups excluding carboxylic acids is 1. The molecule has 0 heterocycles. The van der Waals surface area contributed by atoms with Gasteiger partial charge in [0.05, 0.1) is 17.7 Å². The number of benzene rings is 2. The Labute approximate surface area is 116 Å². The van der Waals surface area contributed by atoms with Crippen LogP contribution < -0.4 is 5.32 Å². The number of hydrogen-bond donors (Lipinski definition) is 1. The fraction of sp³-hybridized carbons (Fsp3) is 0.0625. The van der Waals surface area contributed by atoms with Gasteiger partial charge in [-0.25, -0.2) is 0 Å². The molecule has 0 aliphatic heterocycles. The van der Waals surface area contributed by atoms with Gasteiger partial charge in [0.25, 0.3) is 5.91 Å². The Balaban J connectivity index is 2.18. The molecule has 0 fully saturated rings. The van der Waals surface area contributed by atoms with Gasteiger partial charge < -0.3 is 5.32 Å². The summed E-state index contributed by atoms with van der Waals surface area (Å²) in [6.45, 7) is 0. The van der Waals surface area contributed by atoms with Gasteiger partial charge in [-0.1, -0.05) is 36.4 Å². The maximum absolute atomic E-state index is 12.1. The zero-order chi connectivity index (χ0) is 14.4. The van der Waals surface area contributed by atoms with Crippen LogP contribution in [0.2, 0.25) is 0 Å². The van der Waals surface area contributed by atoms with Crippen LogP contribution in [-0.4, -0.2) is 5.91 Å². The normalized spacial score (nSPS) is 10.9. The summed E-state index contributed by atoms with van der Waals surface area (Å²) in [6, 6.07) is 18.7. The van der Waals surface area contributed by atoms with Crippen LogP contribution in [0.3, 0.4) is 0 Å². The Morgan fingerprint density at radius 3 is 2.45 bits per heavy atom. The molecule has 0 saturated heterocycles. The molecule has 4 heteroatoms. The molecule has 0 bridgehead atoms. The zero-order valence-electron chi connectivity index (χ0n) is 10.6. The van der Waals surface area contributed by atoms with E-state index in [0.717, 1.165) is 5.56 Å². The summed E-state index contributed by atoms with van der Waals surface area (Å²) < 4.78 is 0. The van der Waals surface area contributed by atoms with Crippen molar-refractivity contribution in [2.75, 3.05) is 0 Å². The van der Waals surface area contributed by atoms with Gasteiger partial charge in [0, 0.05) is 5.56 Å². The van der Waals surface area contributed by atoms with E-state index in [1.807, 2.05) is 24.3 Å². The number of hydrogen-bond acceptors (Lipinski definition) is 3. The number of rotatable bonds is 3. The second-order valence-electron chi connectivity index (χ2n) is 4.14. The predicted molar refractivity (Wildman–Crippen MR) is 73.4 cm³/mol. The van der Waals surface area contributed by atoms with Gasteiger partial charge in [-0.3, -0.25) is 4.79 Å². The van der Waals surface area contributed by atoms with Crippen molar-refractivity contribution in [3.8, 4) is 12.1 Å². The van der Waals surface area contributed by atoms with Crippen LogP contribution in [-0.2, 0) is 0 Å². The topological polar surface area (TPSA) is 76.7 Å². The summed E-state index contributed by atoms with van der Waals surface area (Å²) in [5.74, 6) is -0.377. The molecule has 4 nitrogen and oxygen atoms in total. The minimum Gasteiger partial charge on any atom is -0.333 e. The number of nitrogens with one attached hydrogen (secondary N) is 1. The third kappa shape index (κ3) is 3.01. The maximum atomic E-state index is 12.1. The molecular weight excluding hydrogens is 250 g/mol. The minimum atomic E-state index is -0.713. The fourth-order valence-electron chi connectivity index (χ4n) is 1.78. The Bertz CT molecular complexity index is 696. The third-order valence-electron chi connectivity index (χ3n) is 2.79. The van der Waals surface area contributed by atoms with Gasteiger partial charge in [0.2, 0.25) is 0 Å². The molecule has 96 valence electrons. The Kier molecular flexibility index (Phi) is 4.11. The van der Waals surface area contributed by atoms with E-state index in [1.165, 1.54) is 6.07 Å². The fourth-order valence-corrected chi connectivity index (χ4v) is 1.78. The SMILES string of the molecule is N#Cc1cccc(C(=O)NC(C#N)c2ccccc2)c1. The predicted octanol–water partition coefficient (Wildman–Crippen LogP) is 2.55. The van der Waals surface area contributed by atoms with Crippen LogP contribution in [0.1, 0.15) is 27.5 Å². The van der Waals surface area contributed by atoms with Crippen molar-refractivity contribution in [2.45, 2.75) is 6.04 Å². The molecule has 0 spiro atoms. The van der Waals surface area contributed by atoms with Crippen molar-refractivity contribution in [1.82, 2.24) is 5.32 Å². The van der Waals surface area contributed by atoms with Crippen LogP contribution >= 0.6 is 0 Å². The van der Waals surface area contributed by atoms with E-state index in [9.17, 15) is 4.79 Å². The van der Waals surface area contributed by atoms with E-state index < -0.39 is 6.04 Å². The first-order valence-electron chi connectivity index (χ1n) is 6.00. The average molecular weight is 261 g/mol. The Hall–Kier alpha value is -3.11. The molecule has 2 aromatic rings. The van der Waals surface area contributed by atoms with Crippen molar-refractivity contribution in [2.24, 2.45) is 0 Å². The quantitative estimate of drug-likeness (QED) is 0.922. The summed E-state index contributed by atoms with van der Waals surface area (Å²) in [6.07, 6.45) is 0. The van der Waals surface area contributed by atoms with E-state index >= 15 is 0 Å². The molecule has 20 heavy (non-hydrogen) atoms.